The van der Waals surface area contributed by atoms with E-state index in [0.29, 0.717) is 6.42 Å². The van der Waals surface area contributed by atoms with Gasteiger partial charge in [0.05, 0.1) is 13.2 Å². The van der Waals surface area contributed by atoms with E-state index in [2.05, 4.69) is 50.3 Å². The normalized spacial score (nSPS) is 20.0. The summed E-state index contributed by atoms with van der Waals surface area (Å²) in [5.41, 5.74) is 0. The number of hydrogen-bond donors (Lipinski definition) is 4. The molecule has 0 saturated carbocycles. The Morgan fingerprint density at radius 2 is 0.918 bits per heavy atom. The van der Waals surface area contributed by atoms with Crippen molar-refractivity contribution < 1.29 is 49.0 Å². The Kier molecular flexibility index (Phi) is 39.1. The van der Waals surface area contributed by atoms with Gasteiger partial charge in [0.15, 0.2) is 12.4 Å². The van der Waals surface area contributed by atoms with E-state index < -0.39 is 49.4 Å². The van der Waals surface area contributed by atoms with Crippen molar-refractivity contribution >= 4 is 11.9 Å². The molecule has 0 radical (unpaired) electrons. The zero-order valence-corrected chi connectivity index (χ0v) is 38.9. The summed E-state index contributed by atoms with van der Waals surface area (Å²) < 4.78 is 22.2. The number of carbonyl (C=O) groups excluding carboxylic acids is 2. The standard InChI is InChI=1S/C51H92O10/c1-3-5-7-9-11-13-15-17-19-20-21-22-23-24-26-27-29-31-33-35-37-39-46(53)58-42-44(43-59-51-50(57)49(56)48(55)45(41-52)61-51)60-47(54)40-38-36-34-32-30-28-25-18-16-14-12-10-8-6-4-2/h14,16-19,25,44-45,48-52,55-57H,3-13,15,20-24,26-43H2,1-2H3/b16-14+,19-17+,25-18+/t44-,45-,48+,49?,50?,51-/m0/s1. The topological polar surface area (TPSA) is 152 Å². The van der Waals surface area contributed by atoms with Crippen LogP contribution in [0.4, 0.5) is 0 Å². The third-order valence-corrected chi connectivity index (χ3v) is 11.5. The molecule has 1 rings (SSSR count). The lowest BCUT2D eigenvalue weighted by Crippen LogP contribution is -2.59. The second kappa shape index (κ2) is 41.9. The van der Waals surface area contributed by atoms with Crippen LogP contribution in [0.15, 0.2) is 36.5 Å². The summed E-state index contributed by atoms with van der Waals surface area (Å²) in [6.07, 6.45) is 41.5. The van der Waals surface area contributed by atoms with Crippen molar-refractivity contribution in [3.63, 3.8) is 0 Å². The number of hydrogen-bond acceptors (Lipinski definition) is 10. The van der Waals surface area contributed by atoms with Crippen LogP contribution in [0.1, 0.15) is 219 Å². The van der Waals surface area contributed by atoms with Gasteiger partial charge in [-0.3, -0.25) is 9.59 Å². The average Bonchev–Trinajstić information content (AvgIpc) is 3.26. The molecular weight excluding hydrogens is 773 g/mol. The van der Waals surface area contributed by atoms with Crippen molar-refractivity contribution in [2.75, 3.05) is 19.8 Å². The van der Waals surface area contributed by atoms with Crippen LogP contribution in [0.25, 0.3) is 0 Å². The van der Waals surface area contributed by atoms with Gasteiger partial charge in [0.25, 0.3) is 0 Å². The summed E-state index contributed by atoms with van der Waals surface area (Å²) in [4.78, 5) is 25.4. The van der Waals surface area contributed by atoms with Crippen molar-refractivity contribution in [3.05, 3.63) is 36.5 Å². The average molecular weight is 865 g/mol. The molecule has 10 nitrogen and oxygen atoms in total. The monoisotopic (exact) mass is 865 g/mol. The van der Waals surface area contributed by atoms with Crippen LogP contribution in [-0.4, -0.2) is 89.0 Å². The van der Waals surface area contributed by atoms with Crippen LogP contribution in [0.2, 0.25) is 0 Å². The van der Waals surface area contributed by atoms with Crippen molar-refractivity contribution in [2.24, 2.45) is 0 Å². The molecular formula is C51H92O10. The van der Waals surface area contributed by atoms with Crippen LogP contribution < -0.4 is 0 Å². The molecule has 6 atom stereocenters. The molecule has 4 N–H and O–H groups in total. The van der Waals surface area contributed by atoms with Gasteiger partial charge in [-0.2, -0.15) is 0 Å². The lowest BCUT2D eigenvalue weighted by Gasteiger charge is -2.39. The minimum absolute atomic E-state index is 0.213. The maximum absolute atomic E-state index is 12.8. The van der Waals surface area contributed by atoms with E-state index in [0.717, 1.165) is 57.8 Å². The van der Waals surface area contributed by atoms with Crippen LogP contribution in [0, 0.1) is 0 Å². The molecule has 356 valence electrons. The number of allylic oxidation sites excluding steroid dienone is 6. The molecule has 0 spiro atoms. The molecule has 1 fully saturated rings. The van der Waals surface area contributed by atoms with Gasteiger partial charge in [-0.25, -0.2) is 0 Å². The van der Waals surface area contributed by atoms with Crippen molar-refractivity contribution in [1.82, 2.24) is 0 Å². The smallest absolute Gasteiger partial charge is 0.306 e. The van der Waals surface area contributed by atoms with Crippen molar-refractivity contribution in [3.8, 4) is 0 Å². The van der Waals surface area contributed by atoms with E-state index in [-0.39, 0.29) is 32.0 Å². The van der Waals surface area contributed by atoms with E-state index in [1.807, 2.05) is 0 Å². The molecule has 61 heavy (non-hydrogen) atoms. The predicted octanol–water partition coefficient (Wildman–Crippen LogP) is 11.4. The Morgan fingerprint density at radius 3 is 1.39 bits per heavy atom. The highest BCUT2D eigenvalue weighted by atomic mass is 16.7. The number of unbranched alkanes of at least 4 members (excludes halogenated alkanes) is 26. The Bertz CT molecular complexity index is 1090. The highest BCUT2D eigenvalue weighted by molar-refractivity contribution is 5.70. The van der Waals surface area contributed by atoms with E-state index in [1.54, 1.807) is 0 Å². The molecule has 0 aromatic rings. The summed E-state index contributed by atoms with van der Waals surface area (Å²) in [6, 6.07) is 0. The van der Waals surface area contributed by atoms with Crippen LogP contribution in [0.5, 0.6) is 0 Å². The van der Waals surface area contributed by atoms with Gasteiger partial charge in [0, 0.05) is 12.8 Å². The van der Waals surface area contributed by atoms with Crippen LogP contribution in [-0.2, 0) is 28.5 Å². The molecule has 0 aromatic heterocycles. The van der Waals surface area contributed by atoms with Crippen molar-refractivity contribution in [2.45, 2.75) is 256 Å². The highest BCUT2D eigenvalue weighted by Crippen LogP contribution is 2.23. The van der Waals surface area contributed by atoms with E-state index in [4.69, 9.17) is 18.9 Å². The first-order valence-corrected chi connectivity index (χ1v) is 25.1. The molecule has 10 heteroatoms. The summed E-state index contributed by atoms with van der Waals surface area (Å²) in [5.74, 6) is -0.819. The fourth-order valence-corrected chi connectivity index (χ4v) is 7.53. The Labute approximate surface area is 372 Å². The molecule has 0 bridgehead atoms. The third-order valence-electron chi connectivity index (χ3n) is 11.5. The van der Waals surface area contributed by atoms with Gasteiger partial charge in [-0.05, 0) is 64.2 Å². The number of aliphatic hydroxyl groups excluding tert-OH is 4. The number of esters is 2. The maximum Gasteiger partial charge on any atom is 0.306 e. The van der Waals surface area contributed by atoms with Crippen molar-refractivity contribution in [1.29, 1.82) is 0 Å². The SMILES string of the molecule is CCCCCC/C=C/C=C/CCCCCCCC(=O)O[C@@H](COC(=O)CCCCCCCCCCCCC/C=C/CCCCCCCC)CO[C@H]1O[C@@H](CO)[C@@H](O)C(O)C1O. The minimum atomic E-state index is -1.60. The summed E-state index contributed by atoms with van der Waals surface area (Å²) in [7, 11) is 0. The van der Waals surface area contributed by atoms with Crippen LogP contribution >= 0.6 is 0 Å². The molecule has 2 unspecified atom stereocenters. The van der Waals surface area contributed by atoms with Gasteiger partial charge in [0.1, 0.15) is 31.0 Å². The molecule has 1 aliphatic heterocycles. The molecule has 0 amide bonds. The lowest BCUT2D eigenvalue weighted by atomic mass is 9.99. The van der Waals surface area contributed by atoms with E-state index >= 15 is 0 Å². The summed E-state index contributed by atoms with van der Waals surface area (Å²) >= 11 is 0. The van der Waals surface area contributed by atoms with Gasteiger partial charge in [-0.1, -0.05) is 179 Å². The summed E-state index contributed by atoms with van der Waals surface area (Å²) in [6.45, 7) is 3.40. The predicted molar refractivity (Wildman–Crippen MR) is 247 cm³/mol. The minimum Gasteiger partial charge on any atom is -0.462 e. The fourth-order valence-electron chi connectivity index (χ4n) is 7.53. The van der Waals surface area contributed by atoms with Gasteiger partial charge >= 0.3 is 11.9 Å². The first-order chi connectivity index (χ1) is 29.8. The van der Waals surface area contributed by atoms with Gasteiger partial charge in [0.2, 0.25) is 0 Å². The lowest BCUT2D eigenvalue weighted by molar-refractivity contribution is -0.305. The van der Waals surface area contributed by atoms with E-state index in [9.17, 15) is 30.0 Å². The quantitative estimate of drug-likeness (QED) is 0.0202. The van der Waals surface area contributed by atoms with Gasteiger partial charge in [-0.15, -0.1) is 0 Å². The Hall–Kier alpha value is -2.08. The first-order valence-electron chi connectivity index (χ1n) is 25.1. The fraction of sp³-hybridized carbons (Fsp3) is 0.843. The number of rotatable bonds is 42. The number of ether oxygens (including phenoxy) is 4. The molecule has 1 heterocycles. The molecule has 0 aromatic carbocycles. The Balaban J connectivity index is 2.26. The molecule has 1 saturated heterocycles. The molecule has 1 aliphatic rings. The highest BCUT2D eigenvalue weighted by Gasteiger charge is 2.44. The summed E-state index contributed by atoms with van der Waals surface area (Å²) in [5, 5.41) is 40.1. The maximum atomic E-state index is 12.8. The second-order valence-corrected chi connectivity index (χ2v) is 17.3. The largest absolute Gasteiger partial charge is 0.462 e. The zero-order chi connectivity index (χ0) is 44.4. The third kappa shape index (κ3) is 33.1. The Morgan fingerprint density at radius 1 is 0.508 bits per heavy atom. The van der Waals surface area contributed by atoms with Crippen LogP contribution in [0.3, 0.4) is 0 Å². The zero-order valence-electron chi connectivity index (χ0n) is 38.9. The number of carbonyl (C=O) groups is 2. The van der Waals surface area contributed by atoms with Gasteiger partial charge < -0.3 is 39.4 Å². The molecule has 0 aliphatic carbocycles. The van der Waals surface area contributed by atoms with E-state index in [1.165, 1.54) is 128 Å². The second-order valence-electron chi connectivity index (χ2n) is 17.3. The first kappa shape index (κ1) is 56.9. The number of aliphatic hydroxyl groups is 4.